The van der Waals surface area contributed by atoms with Gasteiger partial charge in [-0.15, -0.1) is 11.3 Å². The summed E-state index contributed by atoms with van der Waals surface area (Å²) >= 11 is 1.20. The van der Waals surface area contributed by atoms with Crippen LogP contribution in [-0.4, -0.2) is 81.0 Å². The number of hydrogen-bond donors (Lipinski definition) is 4. The molecule has 1 aliphatic rings. The minimum Gasteiger partial charge on any atom is -0.389 e. The van der Waals surface area contributed by atoms with Gasteiger partial charge in [0.1, 0.15) is 17.2 Å². The van der Waals surface area contributed by atoms with E-state index in [1.807, 2.05) is 4.90 Å². The van der Waals surface area contributed by atoms with Crippen LogP contribution in [-0.2, 0) is 11.3 Å². The Morgan fingerprint density at radius 1 is 0.939 bits per heavy atom. The van der Waals surface area contributed by atoms with Gasteiger partial charge in [-0.05, 0) is 31.5 Å². The smallest absolute Gasteiger partial charge is 0.194 e. The van der Waals surface area contributed by atoms with Gasteiger partial charge in [0.25, 0.3) is 0 Å². The van der Waals surface area contributed by atoms with Crippen molar-refractivity contribution in [3.8, 4) is 10.6 Å². The van der Waals surface area contributed by atoms with E-state index in [2.05, 4.69) is 4.98 Å². The minimum absolute atomic E-state index is 0.177. The number of rotatable bonds is 10. The lowest BCUT2D eigenvalue weighted by molar-refractivity contribution is -0.0894. The fourth-order valence-corrected chi connectivity index (χ4v) is 4.50. The first kappa shape index (κ1) is 26.0. The summed E-state index contributed by atoms with van der Waals surface area (Å²) in [6, 6.07) is 1.83. The lowest BCUT2D eigenvalue weighted by Crippen LogP contribution is -2.43. The second-order valence-corrected chi connectivity index (χ2v) is 9.10. The molecule has 0 saturated carbocycles. The molecule has 4 N–H and O–H groups in total. The fraction of sp³-hybridized carbons (Fsp3) is 0.591. The van der Waals surface area contributed by atoms with Crippen molar-refractivity contribution >= 4 is 11.3 Å². The second kappa shape index (κ2) is 12.2. The normalized spacial score (nSPS) is 24.2. The molecule has 4 atom stereocenters. The van der Waals surface area contributed by atoms with Crippen LogP contribution in [0.15, 0.2) is 17.5 Å². The summed E-state index contributed by atoms with van der Waals surface area (Å²) in [4.78, 5) is 6.11. The Balaban J connectivity index is 1.30. The summed E-state index contributed by atoms with van der Waals surface area (Å²) in [7, 11) is 0. The molecule has 2 aromatic rings. The SMILES string of the molecule is O[C@H]1[C@H](O)[C@@H](O)CN(CCCCCCOCc2csc(-c3cc(F)c(F)c(F)c3)n2)C[C@@H]1O. The predicted molar refractivity (Wildman–Crippen MR) is 116 cm³/mol. The van der Waals surface area contributed by atoms with Gasteiger partial charge in [-0.2, -0.15) is 0 Å². The van der Waals surface area contributed by atoms with Gasteiger partial charge in [-0.3, -0.25) is 4.90 Å². The molecule has 11 heteroatoms. The zero-order chi connectivity index (χ0) is 24.0. The number of hydrogen-bond acceptors (Lipinski definition) is 8. The minimum atomic E-state index is -1.50. The number of thiazole rings is 1. The highest BCUT2D eigenvalue weighted by atomic mass is 32.1. The number of unbranched alkanes of at least 4 members (excludes halogenated alkanes) is 3. The molecule has 0 aliphatic carbocycles. The molecule has 1 aliphatic heterocycles. The van der Waals surface area contributed by atoms with Crippen molar-refractivity contribution in [3.05, 3.63) is 40.7 Å². The Hall–Kier alpha value is -1.60. The van der Waals surface area contributed by atoms with Crippen LogP contribution >= 0.6 is 11.3 Å². The highest BCUT2D eigenvalue weighted by Crippen LogP contribution is 2.27. The maximum absolute atomic E-state index is 13.4. The van der Waals surface area contributed by atoms with Crippen LogP contribution in [0.25, 0.3) is 10.6 Å². The van der Waals surface area contributed by atoms with E-state index < -0.39 is 41.9 Å². The van der Waals surface area contributed by atoms with Gasteiger partial charge in [0.15, 0.2) is 17.5 Å². The summed E-state index contributed by atoms with van der Waals surface area (Å²) < 4.78 is 45.5. The molecule has 0 spiro atoms. The molecule has 2 heterocycles. The number of nitrogens with zero attached hydrogens (tertiary/aromatic N) is 2. The van der Waals surface area contributed by atoms with E-state index in [1.165, 1.54) is 11.3 Å². The second-order valence-electron chi connectivity index (χ2n) is 8.24. The lowest BCUT2D eigenvalue weighted by atomic mass is 10.1. The third-order valence-electron chi connectivity index (χ3n) is 5.57. The lowest BCUT2D eigenvalue weighted by Gasteiger charge is -2.23. The molecule has 33 heavy (non-hydrogen) atoms. The number of benzene rings is 1. The van der Waals surface area contributed by atoms with Crippen LogP contribution in [0.3, 0.4) is 0 Å². The van der Waals surface area contributed by atoms with E-state index in [4.69, 9.17) is 4.74 Å². The van der Waals surface area contributed by atoms with Crippen molar-refractivity contribution in [1.29, 1.82) is 0 Å². The zero-order valence-corrected chi connectivity index (χ0v) is 18.9. The van der Waals surface area contributed by atoms with Crippen molar-refractivity contribution in [2.45, 2.75) is 56.7 Å². The number of aromatic nitrogens is 1. The number of likely N-dealkylation sites (tertiary alicyclic amines) is 1. The number of ether oxygens (including phenoxy) is 1. The number of β-amino-alcohol motifs (C(OH)–C–C–N with tert-alkyl or cyclic N) is 2. The quantitative estimate of drug-likeness (QED) is 0.298. The first-order valence-electron chi connectivity index (χ1n) is 10.9. The van der Waals surface area contributed by atoms with Crippen LogP contribution in [0.4, 0.5) is 13.2 Å². The number of aliphatic hydroxyl groups is 4. The van der Waals surface area contributed by atoms with Gasteiger partial charge in [-0.1, -0.05) is 12.8 Å². The van der Waals surface area contributed by atoms with E-state index >= 15 is 0 Å². The van der Waals surface area contributed by atoms with E-state index in [0.29, 0.717) is 23.9 Å². The Morgan fingerprint density at radius 3 is 2.18 bits per heavy atom. The van der Waals surface area contributed by atoms with Crippen molar-refractivity contribution in [2.75, 3.05) is 26.2 Å². The first-order chi connectivity index (χ1) is 15.8. The molecule has 1 saturated heterocycles. The van der Waals surface area contributed by atoms with Gasteiger partial charge >= 0.3 is 0 Å². The van der Waals surface area contributed by atoms with Gasteiger partial charge in [0.2, 0.25) is 0 Å². The average molecular weight is 491 g/mol. The standard InChI is InChI=1S/C22H29F3N2O5S/c23-15-7-13(8-16(24)19(15)25)22-26-14(12-33-22)11-32-6-4-2-1-3-5-27-9-17(28)20(30)21(31)18(29)10-27/h7-8,12,17-18,20-21,28-31H,1-6,9-11H2/t17-,18-,20+,21+/m0/s1. The Bertz CT molecular complexity index is 864. The van der Waals surface area contributed by atoms with Crippen LogP contribution in [0.2, 0.25) is 0 Å². The third-order valence-corrected chi connectivity index (χ3v) is 6.51. The summed E-state index contributed by atoms with van der Waals surface area (Å²) in [6.45, 7) is 1.82. The summed E-state index contributed by atoms with van der Waals surface area (Å²) in [5, 5.41) is 41.3. The van der Waals surface area contributed by atoms with Crippen molar-refractivity contribution in [2.24, 2.45) is 0 Å². The van der Waals surface area contributed by atoms with E-state index in [9.17, 15) is 33.6 Å². The molecule has 0 amide bonds. The Kier molecular flexibility index (Phi) is 9.62. The van der Waals surface area contributed by atoms with Crippen molar-refractivity contribution in [3.63, 3.8) is 0 Å². The summed E-state index contributed by atoms with van der Waals surface area (Å²) in [5.74, 6) is -4.01. The van der Waals surface area contributed by atoms with Crippen molar-refractivity contribution in [1.82, 2.24) is 9.88 Å². The summed E-state index contributed by atoms with van der Waals surface area (Å²) in [5.41, 5.74) is 0.805. The van der Waals surface area contributed by atoms with Crippen molar-refractivity contribution < 1.29 is 38.3 Å². The maximum Gasteiger partial charge on any atom is 0.194 e. The molecular formula is C22H29F3N2O5S. The fourth-order valence-electron chi connectivity index (χ4n) is 3.71. The van der Waals surface area contributed by atoms with Gasteiger partial charge < -0.3 is 25.2 Å². The molecule has 0 unspecified atom stereocenters. The molecule has 1 fully saturated rings. The van der Waals surface area contributed by atoms with Gasteiger partial charge in [0, 0.05) is 30.6 Å². The molecule has 184 valence electrons. The average Bonchev–Trinajstić information content (AvgIpc) is 3.23. The number of aliphatic hydroxyl groups excluding tert-OH is 4. The monoisotopic (exact) mass is 490 g/mol. The Morgan fingerprint density at radius 2 is 1.55 bits per heavy atom. The molecular weight excluding hydrogens is 461 g/mol. The first-order valence-corrected chi connectivity index (χ1v) is 11.8. The highest BCUT2D eigenvalue weighted by Gasteiger charge is 2.35. The highest BCUT2D eigenvalue weighted by molar-refractivity contribution is 7.13. The Labute approximate surface area is 194 Å². The molecule has 0 radical (unpaired) electrons. The molecule has 7 nitrogen and oxygen atoms in total. The maximum atomic E-state index is 13.4. The molecule has 1 aromatic heterocycles. The molecule has 3 rings (SSSR count). The molecule has 0 bridgehead atoms. The third kappa shape index (κ3) is 7.19. The van der Waals surface area contributed by atoms with Gasteiger partial charge in [-0.25, -0.2) is 18.2 Å². The summed E-state index contributed by atoms with van der Waals surface area (Å²) in [6.07, 6.45) is -1.40. The van der Waals surface area contributed by atoms with E-state index in [-0.39, 0.29) is 25.3 Å². The van der Waals surface area contributed by atoms with E-state index in [0.717, 1.165) is 37.8 Å². The zero-order valence-electron chi connectivity index (χ0n) is 18.0. The van der Waals surface area contributed by atoms with Gasteiger partial charge in [0.05, 0.1) is 24.5 Å². The van der Waals surface area contributed by atoms with Crippen LogP contribution in [0.1, 0.15) is 31.4 Å². The topological polar surface area (TPSA) is 106 Å². The predicted octanol–water partition coefficient (Wildman–Crippen LogP) is 2.06. The molecule has 1 aromatic carbocycles. The number of halogens is 3. The van der Waals surface area contributed by atoms with E-state index in [1.54, 1.807) is 5.38 Å². The largest absolute Gasteiger partial charge is 0.389 e. The van der Waals surface area contributed by atoms with Crippen LogP contribution in [0, 0.1) is 17.5 Å². The van der Waals surface area contributed by atoms with Crippen LogP contribution < -0.4 is 0 Å². The van der Waals surface area contributed by atoms with Crippen LogP contribution in [0.5, 0.6) is 0 Å².